The number of esters is 2. The summed E-state index contributed by atoms with van der Waals surface area (Å²) in [4.78, 5) is 33.4. The van der Waals surface area contributed by atoms with E-state index in [9.17, 15) is 14.4 Å². The molecule has 0 amide bonds. The molecular weight excluding hydrogens is 372 g/mol. The number of carbonyl (C=O) groups is 3. The van der Waals surface area contributed by atoms with Crippen molar-refractivity contribution in [2.45, 2.75) is 72.8 Å². The number of carbonyl (C=O) groups excluding carboxylic acids is 2. The van der Waals surface area contributed by atoms with E-state index < -0.39 is 5.97 Å². The molecule has 1 N–H and O–H groups in total. The molecule has 0 spiro atoms. The minimum atomic E-state index is -0.741. The molecule has 1 aromatic carbocycles. The van der Waals surface area contributed by atoms with E-state index >= 15 is 0 Å². The zero-order valence-corrected chi connectivity index (χ0v) is 18.3. The van der Waals surface area contributed by atoms with Gasteiger partial charge in [-0.15, -0.1) is 0 Å². The maximum atomic E-state index is 12.1. The number of carboxylic acid groups (broad SMARTS) is 1. The summed E-state index contributed by atoms with van der Waals surface area (Å²) in [5.74, 6) is -1.66. The Balaban J connectivity index is 0.000000841. The smallest absolute Gasteiger partial charge is 0.309 e. The van der Waals surface area contributed by atoms with E-state index in [4.69, 9.17) is 14.6 Å². The lowest BCUT2D eigenvalue weighted by atomic mass is 9.93. The van der Waals surface area contributed by atoms with Crippen LogP contribution in [-0.4, -0.2) is 35.7 Å². The molecule has 0 aromatic heterocycles. The van der Waals surface area contributed by atoms with Crippen LogP contribution in [0.25, 0.3) is 0 Å². The summed E-state index contributed by atoms with van der Waals surface area (Å²) in [7, 11) is 0. The Morgan fingerprint density at radius 2 is 1.76 bits per heavy atom. The summed E-state index contributed by atoms with van der Waals surface area (Å²) in [5, 5.41) is 7.99. The fourth-order valence-electron chi connectivity index (χ4n) is 2.53. The van der Waals surface area contributed by atoms with Crippen molar-refractivity contribution in [3.05, 3.63) is 35.9 Å². The van der Waals surface area contributed by atoms with Gasteiger partial charge < -0.3 is 14.6 Å². The fraction of sp³-hybridized carbons (Fsp3) is 0.609. The van der Waals surface area contributed by atoms with Crippen molar-refractivity contribution < 1.29 is 29.0 Å². The van der Waals surface area contributed by atoms with Crippen LogP contribution in [0.3, 0.4) is 0 Å². The molecule has 0 aliphatic carbocycles. The van der Waals surface area contributed by atoms with Crippen LogP contribution >= 0.6 is 0 Å². The number of ether oxygens (including phenoxy) is 2. The molecule has 2 atom stereocenters. The summed E-state index contributed by atoms with van der Waals surface area (Å²) in [6.45, 7) is 9.37. The Bertz CT molecular complexity index is 597. The standard InChI is InChI=1S/C17H22O4.C4H8O2.C2H6/c1-2-15-12-14(9-8-13-6-4-3-5-7-13)17(19)20-11-10-16(18)21-15;1-3(2)4(5)6;1-2/h3-7,14-15H,2,8-12H2,1H3;3H,1-2H3,(H,5,6);1-2H3/t14?,15-;;/m0../s1. The van der Waals surface area contributed by atoms with E-state index in [1.54, 1.807) is 13.8 Å². The molecule has 0 saturated carbocycles. The second kappa shape index (κ2) is 15.5. The number of benzene rings is 1. The van der Waals surface area contributed by atoms with Crippen LogP contribution in [0.2, 0.25) is 0 Å². The van der Waals surface area contributed by atoms with Crippen LogP contribution in [-0.2, 0) is 30.3 Å². The molecule has 1 heterocycles. The van der Waals surface area contributed by atoms with Gasteiger partial charge in [-0.1, -0.05) is 65.0 Å². The second-order valence-corrected chi connectivity index (χ2v) is 6.89. The summed E-state index contributed by atoms with van der Waals surface area (Å²) in [5.41, 5.74) is 1.20. The molecular formula is C23H36O6. The van der Waals surface area contributed by atoms with Crippen molar-refractivity contribution in [2.75, 3.05) is 6.61 Å². The molecule has 0 radical (unpaired) electrons. The average molecular weight is 409 g/mol. The molecule has 6 heteroatoms. The zero-order valence-electron chi connectivity index (χ0n) is 18.3. The van der Waals surface area contributed by atoms with Crippen molar-refractivity contribution >= 4 is 17.9 Å². The Morgan fingerprint density at radius 1 is 1.17 bits per heavy atom. The van der Waals surface area contributed by atoms with Crippen LogP contribution in [0.15, 0.2) is 30.3 Å². The first-order chi connectivity index (χ1) is 13.8. The van der Waals surface area contributed by atoms with E-state index in [1.807, 2.05) is 39.0 Å². The molecule has 1 fully saturated rings. The van der Waals surface area contributed by atoms with Gasteiger partial charge in [0.05, 0.1) is 18.3 Å². The lowest BCUT2D eigenvalue weighted by molar-refractivity contribution is -0.150. The highest BCUT2D eigenvalue weighted by molar-refractivity contribution is 5.74. The number of hydrogen-bond donors (Lipinski definition) is 1. The first-order valence-electron chi connectivity index (χ1n) is 10.5. The number of carboxylic acids is 1. The normalized spacial score (nSPS) is 19.1. The van der Waals surface area contributed by atoms with Gasteiger partial charge in [-0.2, -0.15) is 0 Å². The third kappa shape index (κ3) is 11.9. The van der Waals surface area contributed by atoms with Crippen LogP contribution in [0.1, 0.15) is 65.9 Å². The maximum absolute atomic E-state index is 12.1. The van der Waals surface area contributed by atoms with Crippen LogP contribution in [0.4, 0.5) is 0 Å². The van der Waals surface area contributed by atoms with Gasteiger partial charge in [0, 0.05) is 0 Å². The van der Waals surface area contributed by atoms with Crippen LogP contribution in [0.5, 0.6) is 0 Å². The van der Waals surface area contributed by atoms with Crippen molar-refractivity contribution in [1.29, 1.82) is 0 Å². The molecule has 1 aliphatic heterocycles. The van der Waals surface area contributed by atoms with E-state index in [0.29, 0.717) is 6.42 Å². The number of rotatable bonds is 5. The first kappa shape index (κ1) is 26.6. The van der Waals surface area contributed by atoms with E-state index in [-0.39, 0.29) is 42.9 Å². The third-order valence-electron chi connectivity index (χ3n) is 4.30. The van der Waals surface area contributed by atoms with Crippen molar-refractivity contribution in [1.82, 2.24) is 0 Å². The number of cyclic esters (lactones) is 2. The Hall–Kier alpha value is -2.37. The Labute approximate surface area is 174 Å². The number of hydrogen-bond acceptors (Lipinski definition) is 5. The van der Waals surface area contributed by atoms with Crippen LogP contribution in [0, 0.1) is 11.8 Å². The number of aryl methyl sites for hydroxylation is 1. The molecule has 6 nitrogen and oxygen atoms in total. The predicted molar refractivity (Wildman–Crippen MR) is 112 cm³/mol. The van der Waals surface area contributed by atoms with Gasteiger partial charge in [-0.05, 0) is 31.2 Å². The molecule has 0 bridgehead atoms. The van der Waals surface area contributed by atoms with E-state index in [0.717, 1.165) is 19.3 Å². The predicted octanol–water partition coefficient (Wildman–Crippen LogP) is 4.65. The molecule has 1 unspecified atom stereocenters. The van der Waals surface area contributed by atoms with Crippen molar-refractivity contribution in [3.8, 4) is 0 Å². The molecule has 1 saturated heterocycles. The lowest BCUT2D eigenvalue weighted by Gasteiger charge is -2.20. The summed E-state index contributed by atoms with van der Waals surface area (Å²) < 4.78 is 10.6. The Kier molecular flexibility index (Phi) is 14.3. The van der Waals surface area contributed by atoms with Gasteiger partial charge in [0.2, 0.25) is 0 Å². The van der Waals surface area contributed by atoms with Gasteiger partial charge in [0.15, 0.2) is 0 Å². The van der Waals surface area contributed by atoms with E-state index in [2.05, 4.69) is 12.1 Å². The zero-order chi connectivity index (χ0) is 22.2. The third-order valence-corrected chi connectivity index (χ3v) is 4.30. The second-order valence-electron chi connectivity index (χ2n) is 6.89. The summed E-state index contributed by atoms with van der Waals surface area (Å²) in [6, 6.07) is 10.1. The average Bonchev–Trinajstić information content (AvgIpc) is 2.78. The highest BCUT2D eigenvalue weighted by Gasteiger charge is 2.27. The largest absolute Gasteiger partial charge is 0.481 e. The van der Waals surface area contributed by atoms with Gasteiger partial charge in [0.1, 0.15) is 12.7 Å². The topological polar surface area (TPSA) is 89.9 Å². The summed E-state index contributed by atoms with van der Waals surface area (Å²) >= 11 is 0. The molecule has 164 valence electrons. The monoisotopic (exact) mass is 408 g/mol. The quantitative estimate of drug-likeness (QED) is 0.714. The lowest BCUT2D eigenvalue weighted by Crippen LogP contribution is -2.24. The van der Waals surface area contributed by atoms with Crippen molar-refractivity contribution in [3.63, 3.8) is 0 Å². The molecule has 1 aliphatic rings. The first-order valence-corrected chi connectivity index (χ1v) is 10.5. The molecule has 29 heavy (non-hydrogen) atoms. The maximum Gasteiger partial charge on any atom is 0.309 e. The highest BCUT2D eigenvalue weighted by atomic mass is 16.6. The minimum absolute atomic E-state index is 0.121. The SMILES string of the molecule is CC.CC(C)C(=O)O.CC[C@H]1CC(CCc2ccccc2)C(=O)OCCC(=O)O1. The fourth-order valence-corrected chi connectivity index (χ4v) is 2.53. The van der Waals surface area contributed by atoms with Crippen molar-refractivity contribution in [2.24, 2.45) is 11.8 Å². The van der Waals surface area contributed by atoms with Gasteiger partial charge >= 0.3 is 17.9 Å². The van der Waals surface area contributed by atoms with Gasteiger partial charge in [-0.3, -0.25) is 14.4 Å². The Morgan fingerprint density at radius 3 is 2.28 bits per heavy atom. The van der Waals surface area contributed by atoms with Gasteiger partial charge in [0.25, 0.3) is 0 Å². The minimum Gasteiger partial charge on any atom is -0.481 e. The molecule has 2 rings (SSSR count). The van der Waals surface area contributed by atoms with Crippen LogP contribution < -0.4 is 0 Å². The number of aliphatic carboxylic acids is 1. The summed E-state index contributed by atoms with van der Waals surface area (Å²) in [6.07, 6.45) is 2.77. The molecule has 1 aromatic rings. The van der Waals surface area contributed by atoms with Gasteiger partial charge in [-0.25, -0.2) is 0 Å². The highest BCUT2D eigenvalue weighted by Crippen LogP contribution is 2.22. The van der Waals surface area contributed by atoms with E-state index in [1.165, 1.54) is 5.56 Å².